The first kappa shape index (κ1) is 26.3. The van der Waals surface area contributed by atoms with E-state index in [1.807, 2.05) is 24.3 Å². The van der Waals surface area contributed by atoms with Crippen molar-refractivity contribution in [2.45, 2.75) is 51.2 Å². The quantitative estimate of drug-likeness (QED) is 0.440. The van der Waals surface area contributed by atoms with Crippen LogP contribution in [0.25, 0.3) is 0 Å². The Morgan fingerprint density at radius 2 is 1.71 bits per heavy atom. The van der Waals surface area contributed by atoms with E-state index in [0.717, 1.165) is 43.9 Å². The van der Waals surface area contributed by atoms with Crippen molar-refractivity contribution >= 4 is 18.0 Å². The van der Waals surface area contributed by atoms with Crippen LogP contribution in [0.15, 0.2) is 64.9 Å². The van der Waals surface area contributed by atoms with E-state index < -0.39 is 0 Å². The number of ether oxygens (including phenoxy) is 1. The third-order valence-corrected chi connectivity index (χ3v) is 7.90. The lowest BCUT2D eigenvalue weighted by atomic mass is 9.81. The molecule has 0 aromatic heterocycles. The van der Waals surface area contributed by atoms with Crippen LogP contribution in [-0.4, -0.2) is 72.1 Å². The minimum absolute atomic E-state index is 0.00364. The number of nitrogens with zero attached hydrogens (tertiary/aromatic N) is 3. The summed E-state index contributed by atoms with van der Waals surface area (Å²) in [6.07, 6.45) is 2.10. The third kappa shape index (κ3) is 5.59. The van der Waals surface area contributed by atoms with E-state index in [1.54, 1.807) is 6.21 Å². The number of carbonyl (C=O) groups excluding carboxylic acids is 2. The zero-order valence-electron chi connectivity index (χ0n) is 22.5. The van der Waals surface area contributed by atoms with Crippen molar-refractivity contribution in [3.05, 3.63) is 82.1 Å². The zero-order valence-corrected chi connectivity index (χ0v) is 22.5. The monoisotopic (exact) mass is 515 g/mol. The van der Waals surface area contributed by atoms with E-state index in [9.17, 15) is 14.7 Å². The van der Waals surface area contributed by atoms with Gasteiger partial charge in [-0.05, 0) is 28.5 Å². The Morgan fingerprint density at radius 1 is 1.00 bits per heavy atom. The van der Waals surface area contributed by atoms with Gasteiger partial charge in [-0.25, -0.2) is 4.79 Å². The molecule has 2 aromatic rings. The average molecular weight is 516 g/mol. The van der Waals surface area contributed by atoms with Crippen LogP contribution < -0.4 is 0 Å². The summed E-state index contributed by atoms with van der Waals surface area (Å²) >= 11 is 0. The number of cyclic esters (lactones) is 1. The van der Waals surface area contributed by atoms with Gasteiger partial charge in [0, 0.05) is 57.3 Å². The van der Waals surface area contributed by atoms with Crippen LogP contribution in [0, 0.1) is 0 Å². The number of esters is 1. The molecule has 1 N–H and O–H groups in total. The molecule has 200 valence electrons. The first-order valence-electron chi connectivity index (χ1n) is 13.5. The van der Waals surface area contributed by atoms with Crippen LogP contribution >= 0.6 is 0 Å². The van der Waals surface area contributed by atoms with Crippen molar-refractivity contribution in [2.24, 2.45) is 4.99 Å². The van der Waals surface area contributed by atoms with Gasteiger partial charge in [0.1, 0.15) is 5.76 Å². The molecule has 2 aromatic carbocycles. The van der Waals surface area contributed by atoms with Crippen LogP contribution in [0.2, 0.25) is 0 Å². The highest BCUT2D eigenvalue weighted by molar-refractivity contribution is 6.14. The molecule has 2 aliphatic heterocycles. The number of hydrogen-bond acceptors (Lipinski definition) is 7. The summed E-state index contributed by atoms with van der Waals surface area (Å²) in [7, 11) is 0. The maximum atomic E-state index is 12.8. The fourth-order valence-electron chi connectivity index (χ4n) is 5.52. The standard InChI is InChI=1S/C31H37N3O4/c1-31(2,3)23-10-8-21(9-11-23)22-18-27(35)26(28(36)19-22)20-32-12-13-33-14-16-34(17-15-33)29-24-6-4-5-7-25(24)30(37)38-29/h4-11,20,22,29,35H,12-19H2,1-3H3. The second-order valence-corrected chi connectivity index (χ2v) is 11.5. The van der Waals surface area contributed by atoms with Gasteiger partial charge in [0.25, 0.3) is 0 Å². The molecule has 7 nitrogen and oxygen atoms in total. The van der Waals surface area contributed by atoms with Crippen molar-refractivity contribution < 1.29 is 19.4 Å². The average Bonchev–Trinajstić information content (AvgIpc) is 3.24. The van der Waals surface area contributed by atoms with E-state index in [4.69, 9.17) is 4.74 Å². The molecular weight excluding hydrogens is 478 g/mol. The zero-order chi connectivity index (χ0) is 26.9. The maximum absolute atomic E-state index is 12.8. The van der Waals surface area contributed by atoms with Crippen LogP contribution in [0.1, 0.15) is 72.8 Å². The van der Waals surface area contributed by atoms with Crippen molar-refractivity contribution in [1.82, 2.24) is 9.80 Å². The Kier molecular flexibility index (Phi) is 7.50. The van der Waals surface area contributed by atoms with Crippen molar-refractivity contribution in [1.29, 1.82) is 0 Å². The van der Waals surface area contributed by atoms with Gasteiger partial charge in [-0.3, -0.25) is 19.6 Å². The first-order valence-corrected chi connectivity index (χ1v) is 13.5. The van der Waals surface area contributed by atoms with Gasteiger partial charge >= 0.3 is 5.97 Å². The van der Waals surface area contributed by atoms with Gasteiger partial charge in [-0.15, -0.1) is 0 Å². The number of hydrogen-bond donors (Lipinski definition) is 1. The highest BCUT2D eigenvalue weighted by atomic mass is 16.6. The van der Waals surface area contributed by atoms with Crippen LogP contribution in [0.3, 0.4) is 0 Å². The molecule has 2 unspecified atom stereocenters. The Hall–Kier alpha value is -3.29. The summed E-state index contributed by atoms with van der Waals surface area (Å²) in [6, 6.07) is 16.0. The molecule has 1 fully saturated rings. The summed E-state index contributed by atoms with van der Waals surface area (Å²) in [6.45, 7) is 11.2. The van der Waals surface area contributed by atoms with Crippen molar-refractivity contribution in [3.8, 4) is 0 Å². The number of rotatable bonds is 6. The Bertz CT molecular complexity index is 1250. The highest BCUT2D eigenvalue weighted by Crippen LogP contribution is 2.35. The molecule has 0 amide bonds. The third-order valence-electron chi connectivity index (χ3n) is 7.90. The van der Waals surface area contributed by atoms with E-state index in [-0.39, 0.29) is 35.1 Å². The van der Waals surface area contributed by atoms with Crippen LogP contribution in [0.4, 0.5) is 0 Å². The smallest absolute Gasteiger partial charge is 0.340 e. The fourth-order valence-corrected chi connectivity index (χ4v) is 5.52. The minimum atomic E-state index is -0.300. The minimum Gasteiger partial charge on any atom is -0.511 e. The number of benzene rings is 2. The lowest BCUT2D eigenvalue weighted by molar-refractivity contribution is -0.116. The molecule has 7 heteroatoms. The Labute approximate surface area is 224 Å². The van der Waals surface area contributed by atoms with Crippen molar-refractivity contribution in [3.63, 3.8) is 0 Å². The summed E-state index contributed by atoms with van der Waals surface area (Å²) < 4.78 is 5.63. The summed E-state index contributed by atoms with van der Waals surface area (Å²) in [5, 5.41) is 10.6. The molecular formula is C31H37N3O4. The second-order valence-electron chi connectivity index (χ2n) is 11.5. The number of allylic oxidation sites excluding steroid dienone is 2. The number of aliphatic hydroxyl groups is 1. The van der Waals surface area contributed by atoms with E-state index in [0.29, 0.717) is 30.5 Å². The topological polar surface area (TPSA) is 82.4 Å². The Morgan fingerprint density at radius 3 is 2.39 bits per heavy atom. The van der Waals surface area contributed by atoms with Crippen molar-refractivity contribution in [2.75, 3.05) is 39.3 Å². The van der Waals surface area contributed by atoms with E-state index in [1.165, 1.54) is 5.56 Å². The molecule has 2 heterocycles. The molecule has 1 saturated heterocycles. The predicted molar refractivity (Wildman–Crippen MR) is 148 cm³/mol. The number of Topliss-reactive ketones (excluding diaryl/α,β-unsaturated/α-hetero) is 1. The largest absolute Gasteiger partial charge is 0.511 e. The van der Waals surface area contributed by atoms with Gasteiger partial charge in [0.15, 0.2) is 12.0 Å². The molecule has 38 heavy (non-hydrogen) atoms. The molecule has 0 radical (unpaired) electrons. The fraction of sp³-hybridized carbons (Fsp3) is 0.452. The van der Waals surface area contributed by atoms with Gasteiger partial charge < -0.3 is 9.84 Å². The molecule has 0 spiro atoms. The molecule has 0 bridgehead atoms. The summed E-state index contributed by atoms with van der Waals surface area (Å²) in [5.41, 5.74) is 4.38. The van der Waals surface area contributed by atoms with Gasteiger partial charge in [-0.2, -0.15) is 0 Å². The SMILES string of the molecule is CC(C)(C)c1ccc(C2CC(=O)C(C=NCCN3CCN(C4OC(=O)c5ccccc54)CC3)=C(O)C2)cc1. The van der Waals surface area contributed by atoms with Gasteiger partial charge in [-0.1, -0.05) is 63.2 Å². The lowest BCUT2D eigenvalue weighted by Crippen LogP contribution is -2.48. The number of fused-ring (bicyclic) bond motifs is 1. The summed E-state index contributed by atoms with van der Waals surface area (Å²) in [5.74, 6) is -0.171. The van der Waals surface area contributed by atoms with Gasteiger partial charge in [0.05, 0.1) is 17.7 Å². The maximum Gasteiger partial charge on any atom is 0.340 e. The van der Waals surface area contributed by atoms with Crippen LogP contribution in [0.5, 0.6) is 0 Å². The molecule has 1 aliphatic carbocycles. The predicted octanol–water partition coefficient (Wildman–Crippen LogP) is 4.80. The number of piperazine rings is 1. The molecule has 3 aliphatic rings. The second kappa shape index (κ2) is 10.8. The van der Waals surface area contributed by atoms with E-state index in [2.05, 4.69) is 59.8 Å². The Balaban J connectivity index is 1.10. The number of carbonyl (C=O) groups is 2. The molecule has 5 rings (SSSR count). The lowest BCUT2D eigenvalue weighted by Gasteiger charge is -2.37. The summed E-state index contributed by atoms with van der Waals surface area (Å²) in [4.78, 5) is 34.0. The number of aliphatic hydroxyl groups excluding tert-OH is 1. The number of ketones is 1. The van der Waals surface area contributed by atoms with E-state index >= 15 is 0 Å². The normalized spacial score (nSPS) is 23.2. The van der Waals surface area contributed by atoms with Gasteiger partial charge in [0.2, 0.25) is 0 Å². The molecule has 2 atom stereocenters. The number of aliphatic imine (C=N–C) groups is 1. The highest BCUT2D eigenvalue weighted by Gasteiger charge is 2.36. The molecule has 0 saturated carbocycles. The first-order chi connectivity index (χ1) is 18.2. The van der Waals surface area contributed by atoms with Crippen LogP contribution in [-0.2, 0) is 14.9 Å².